The normalized spacial score (nSPS) is 16.0. The molecule has 0 fully saturated rings. The molecule has 10 heteroatoms. The van der Waals surface area contributed by atoms with E-state index >= 15 is 0 Å². The molecule has 0 aromatic heterocycles. The second-order valence-electron chi connectivity index (χ2n) is 5.23. The Bertz CT molecular complexity index is 949. The summed E-state index contributed by atoms with van der Waals surface area (Å²) in [5.74, 6) is 0.409. The molecule has 1 aliphatic heterocycles. The fourth-order valence-corrected chi connectivity index (χ4v) is 3.54. The lowest BCUT2D eigenvalue weighted by Gasteiger charge is -2.10. The number of fused-ring (bicyclic) bond motifs is 1. The van der Waals surface area contributed by atoms with Crippen molar-refractivity contribution in [2.45, 2.75) is 17.6 Å². The Morgan fingerprint density at radius 1 is 1.16 bits per heavy atom. The molecule has 0 radical (unpaired) electrons. The van der Waals surface area contributed by atoms with Gasteiger partial charge in [-0.3, -0.25) is 0 Å². The zero-order chi connectivity index (χ0) is 18.2. The van der Waals surface area contributed by atoms with E-state index in [0.717, 1.165) is 0 Å². The fraction of sp³-hybridized carbons (Fsp3) is 0.133. The number of carbonyl (C=O) groups excluding carboxylic acids is 1. The van der Waals surface area contributed by atoms with Crippen LogP contribution >= 0.6 is 23.2 Å². The number of aliphatic hydroxyl groups excluding tert-OH is 1. The van der Waals surface area contributed by atoms with Crippen LogP contribution in [0.1, 0.15) is 5.56 Å². The first-order valence-corrected chi connectivity index (χ1v) is 9.25. The van der Waals surface area contributed by atoms with Crippen LogP contribution in [0.4, 0.5) is 10.5 Å². The highest BCUT2D eigenvalue weighted by Gasteiger charge is 2.24. The van der Waals surface area contributed by atoms with Crippen molar-refractivity contribution in [1.82, 2.24) is 4.72 Å². The summed E-state index contributed by atoms with van der Waals surface area (Å²) >= 11 is 11.6. The molecule has 3 N–H and O–H groups in total. The molecule has 1 heterocycles. The SMILES string of the molecule is O=C(Nc1ccc(Cl)c(Cl)c1)NS(=O)(=O)c1ccc2c(c1)CC(O)O2. The first-order valence-electron chi connectivity index (χ1n) is 7.01. The number of nitrogens with one attached hydrogen (secondary N) is 2. The maximum Gasteiger partial charge on any atom is 0.333 e. The van der Waals surface area contributed by atoms with Gasteiger partial charge in [-0.05, 0) is 36.4 Å². The Hall–Kier alpha value is -2.00. The minimum absolute atomic E-state index is 0.117. The second kappa shape index (κ2) is 6.72. The molecular formula is C15H12Cl2N2O5S. The van der Waals surface area contributed by atoms with E-state index < -0.39 is 22.3 Å². The van der Waals surface area contributed by atoms with Crippen LogP contribution in [0.15, 0.2) is 41.3 Å². The molecule has 2 aromatic rings. The van der Waals surface area contributed by atoms with Gasteiger partial charge in [0.05, 0.1) is 14.9 Å². The third-order valence-corrected chi connectivity index (χ3v) is 5.47. The minimum atomic E-state index is -4.10. The van der Waals surface area contributed by atoms with Gasteiger partial charge in [0.2, 0.25) is 6.29 Å². The lowest BCUT2D eigenvalue weighted by Crippen LogP contribution is -2.34. The van der Waals surface area contributed by atoms with Crippen LogP contribution in [0.25, 0.3) is 0 Å². The van der Waals surface area contributed by atoms with E-state index in [1.807, 2.05) is 4.72 Å². The Morgan fingerprint density at radius 3 is 2.64 bits per heavy atom. The van der Waals surface area contributed by atoms with Gasteiger partial charge in [0.25, 0.3) is 10.0 Å². The molecule has 1 atom stereocenters. The van der Waals surface area contributed by atoms with Gasteiger partial charge < -0.3 is 15.2 Å². The van der Waals surface area contributed by atoms with Crippen molar-refractivity contribution in [3.05, 3.63) is 52.0 Å². The molecule has 2 amide bonds. The molecule has 3 rings (SSSR count). The number of rotatable bonds is 3. The van der Waals surface area contributed by atoms with Crippen molar-refractivity contribution in [3.8, 4) is 5.75 Å². The van der Waals surface area contributed by atoms with Crippen molar-refractivity contribution in [3.63, 3.8) is 0 Å². The van der Waals surface area contributed by atoms with Gasteiger partial charge in [0.15, 0.2) is 0 Å². The fourth-order valence-electron chi connectivity index (χ4n) is 2.29. The van der Waals surface area contributed by atoms with Crippen molar-refractivity contribution in [1.29, 1.82) is 0 Å². The number of halogens is 2. The molecule has 1 aliphatic rings. The first kappa shape index (κ1) is 17.8. The average Bonchev–Trinajstić information content (AvgIpc) is 2.89. The number of hydrogen-bond donors (Lipinski definition) is 3. The maximum atomic E-state index is 12.3. The Morgan fingerprint density at radius 2 is 1.92 bits per heavy atom. The number of aliphatic hydroxyl groups is 1. The molecule has 132 valence electrons. The van der Waals surface area contributed by atoms with Crippen LogP contribution < -0.4 is 14.8 Å². The van der Waals surface area contributed by atoms with Gasteiger partial charge in [-0.2, -0.15) is 0 Å². The molecule has 1 unspecified atom stereocenters. The zero-order valence-corrected chi connectivity index (χ0v) is 14.8. The summed E-state index contributed by atoms with van der Waals surface area (Å²) < 4.78 is 31.6. The van der Waals surface area contributed by atoms with Crippen LogP contribution in [-0.2, 0) is 16.4 Å². The van der Waals surface area contributed by atoms with Crippen molar-refractivity contribution in [2.24, 2.45) is 0 Å². The smallest absolute Gasteiger partial charge is 0.333 e. The predicted molar refractivity (Wildman–Crippen MR) is 92.6 cm³/mol. The number of carbonyl (C=O) groups is 1. The number of benzene rings is 2. The average molecular weight is 403 g/mol. The highest BCUT2D eigenvalue weighted by Crippen LogP contribution is 2.30. The van der Waals surface area contributed by atoms with E-state index in [-0.39, 0.29) is 22.0 Å². The topological polar surface area (TPSA) is 105 Å². The first-order chi connectivity index (χ1) is 11.7. The van der Waals surface area contributed by atoms with Gasteiger partial charge in [-0.1, -0.05) is 23.2 Å². The summed E-state index contributed by atoms with van der Waals surface area (Å²) in [6.07, 6.45) is -0.826. The third kappa shape index (κ3) is 3.98. The third-order valence-electron chi connectivity index (χ3n) is 3.40. The number of urea groups is 1. The Labute approximate surface area is 153 Å². The van der Waals surface area contributed by atoms with Crippen LogP contribution in [0.3, 0.4) is 0 Å². The van der Waals surface area contributed by atoms with E-state index in [2.05, 4.69) is 5.32 Å². The summed E-state index contributed by atoms with van der Waals surface area (Å²) in [5.41, 5.74) is 0.827. The van der Waals surface area contributed by atoms with Crippen molar-refractivity contribution < 1.29 is 23.1 Å². The quantitative estimate of drug-likeness (QED) is 0.731. The Balaban J connectivity index is 1.74. The molecule has 0 spiro atoms. The van der Waals surface area contributed by atoms with E-state index in [1.165, 1.54) is 36.4 Å². The van der Waals surface area contributed by atoms with Gasteiger partial charge in [0, 0.05) is 17.7 Å². The molecule has 25 heavy (non-hydrogen) atoms. The summed E-state index contributed by atoms with van der Waals surface area (Å²) in [6, 6.07) is 7.46. The molecule has 0 aliphatic carbocycles. The van der Waals surface area contributed by atoms with Gasteiger partial charge in [-0.15, -0.1) is 0 Å². The second-order valence-corrected chi connectivity index (χ2v) is 7.73. The molecule has 0 saturated heterocycles. The standard InChI is InChI=1S/C15H12Cl2N2O5S/c16-11-3-1-9(7-12(11)17)18-15(21)19-25(22,23)10-2-4-13-8(5-10)6-14(20)24-13/h1-5,7,14,20H,6H2,(H2,18,19,21). The Kier molecular flexibility index (Phi) is 4.79. The molecule has 7 nitrogen and oxygen atoms in total. The molecular weight excluding hydrogens is 391 g/mol. The van der Waals surface area contributed by atoms with E-state index in [0.29, 0.717) is 16.3 Å². The number of hydrogen-bond acceptors (Lipinski definition) is 5. The van der Waals surface area contributed by atoms with Crippen LogP contribution in [-0.4, -0.2) is 25.8 Å². The number of sulfonamides is 1. The highest BCUT2D eigenvalue weighted by atomic mass is 35.5. The maximum absolute atomic E-state index is 12.3. The number of ether oxygens (including phenoxy) is 1. The number of anilines is 1. The zero-order valence-electron chi connectivity index (χ0n) is 12.5. The monoisotopic (exact) mass is 402 g/mol. The summed E-state index contributed by atoms with van der Waals surface area (Å²) in [7, 11) is -4.10. The molecule has 2 aromatic carbocycles. The number of amides is 2. The van der Waals surface area contributed by atoms with Crippen LogP contribution in [0, 0.1) is 0 Å². The van der Waals surface area contributed by atoms with Crippen molar-refractivity contribution >= 4 is 44.9 Å². The predicted octanol–water partition coefficient (Wildman–Crippen LogP) is 2.76. The lowest BCUT2D eigenvalue weighted by molar-refractivity contribution is 0.00215. The molecule has 0 bridgehead atoms. The van der Waals surface area contributed by atoms with E-state index in [4.69, 9.17) is 27.9 Å². The summed E-state index contributed by atoms with van der Waals surface area (Å²) in [5, 5.41) is 12.3. The molecule has 0 saturated carbocycles. The largest absolute Gasteiger partial charge is 0.465 e. The highest BCUT2D eigenvalue weighted by molar-refractivity contribution is 7.90. The van der Waals surface area contributed by atoms with E-state index in [1.54, 1.807) is 0 Å². The van der Waals surface area contributed by atoms with Gasteiger partial charge in [-0.25, -0.2) is 17.9 Å². The van der Waals surface area contributed by atoms with Crippen molar-refractivity contribution in [2.75, 3.05) is 5.32 Å². The summed E-state index contributed by atoms with van der Waals surface area (Å²) in [4.78, 5) is 11.8. The minimum Gasteiger partial charge on any atom is -0.465 e. The van der Waals surface area contributed by atoms with Crippen LogP contribution in [0.5, 0.6) is 5.75 Å². The van der Waals surface area contributed by atoms with E-state index in [9.17, 15) is 18.3 Å². The van der Waals surface area contributed by atoms with Gasteiger partial charge in [0.1, 0.15) is 5.75 Å². The summed E-state index contributed by atoms with van der Waals surface area (Å²) in [6.45, 7) is 0. The lowest BCUT2D eigenvalue weighted by atomic mass is 10.2. The van der Waals surface area contributed by atoms with Crippen LogP contribution in [0.2, 0.25) is 10.0 Å². The van der Waals surface area contributed by atoms with Gasteiger partial charge >= 0.3 is 6.03 Å².